The van der Waals surface area contributed by atoms with E-state index in [1.165, 1.54) is 37.0 Å². The molecule has 2 rings (SSSR count). The second-order valence-electron chi connectivity index (χ2n) is 5.62. The Morgan fingerprint density at radius 1 is 1.48 bits per heavy atom. The van der Waals surface area contributed by atoms with Crippen molar-refractivity contribution >= 4 is 27.9 Å². The smallest absolute Gasteiger partial charge is 0.263 e. The average Bonchev–Trinajstić information content (AvgIpc) is 3.14. The van der Waals surface area contributed by atoms with Crippen LogP contribution in [0, 0.1) is 16.7 Å². The van der Waals surface area contributed by atoms with E-state index >= 15 is 0 Å². The molecule has 0 aliphatic heterocycles. The molecule has 1 aliphatic carbocycles. The minimum absolute atomic E-state index is 0.209. The summed E-state index contributed by atoms with van der Waals surface area (Å²) in [6.07, 6.45) is 4.84. The van der Waals surface area contributed by atoms with E-state index < -0.39 is 0 Å². The van der Waals surface area contributed by atoms with Crippen LogP contribution in [-0.4, -0.2) is 19.0 Å². The molecule has 114 valence electrons. The fourth-order valence-corrected chi connectivity index (χ4v) is 3.56. The van der Waals surface area contributed by atoms with Crippen molar-refractivity contribution in [2.45, 2.75) is 39.5 Å². The molecule has 0 aromatic carbocycles. The summed E-state index contributed by atoms with van der Waals surface area (Å²) in [5.41, 5.74) is 7.01. The number of nitrogens with two attached hydrogens (primary N) is 1. The minimum atomic E-state index is -0.209. The summed E-state index contributed by atoms with van der Waals surface area (Å²) in [5, 5.41) is 16.1. The summed E-state index contributed by atoms with van der Waals surface area (Å²) < 4.78 is 0. The van der Waals surface area contributed by atoms with E-state index in [4.69, 9.17) is 5.73 Å². The SMILES string of the molecule is CCCC1(CNc2sc(C(=O)NCC)c(N)c2C#N)CC1. The number of carbonyl (C=O) groups is 1. The molecule has 1 saturated carbocycles. The Bertz CT molecular complexity index is 569. The van der Waals surface area contributed by atoms with Gasteiger partial charge in [-0.05, 0) is 31.6 Å². The molecular weight excluding hydrogens is 284 g/mol. The largest absolute Gasteiger partial charge is 0.396 e. The van der Waals surface area contributed by atoms with Crippen LogP contribution in [0.2, 0.25) is 0 Å². The predicted molar refractivity (Wildman–Crippen MR) is 86.5 cm³/mol. The van der Waals surface area contributed by atoms with Crippen molar-refractivity contribution in [3.8, 4) is 6.07 Å². The summed E-state index contributed by atoms with van der Waals surface area (Å²) in [4.78, 5) is 12.4. The topological polar surface area (TPSA) is 90.9 Å². The van der Waals surface area contributed by atoms with Crippen LogP contribution in [0.1, 0.15) is 54.8 Å². The van der Waals surface area contributed by atoms with Crippen molar-refractivity contribution in [3.63, 3.8) is 0 Å². The Balaban J connectivity index is 2.14. The van der Waals surface area contributed by atoms with Gasteiger partial charge < -0.3 is 16.4 Å². The molecule has 0 spiro atoms. The number of hydrogen-bond acceptors (Lipinski definition) is 5. The maximum Gasteiger partial charge on any atom is 0.263 e. The van der Waals surface area contributed by atoms with Gasteiger partial charge in [0.25, 0.3) is 5.91 Å². The molecule has 0 saturated heterocycles. The summed E-state index contributed by atoms with van der Waals surface area (Å²) in [7, 11) is 0. The maximum atomic E-state index is 11.9. The molecule has 1 aromatic rings. The lowest BCUT2D eigenvalue weighted by Crippen LogP contribution is -2.22. The summed E-state index contributed by atoms with van der Waals surface area (Å²) in [5.74, 6) is -0.209. The molecule has 1 aliphatic rings. The van der Waals surface area contributed by atoms with Crippen molar-refractivity contribution in [1.82, 2.24) is 5.32 Å². The number of thiophene rings is 1. The van der Waals surface area contributed by atoms with Gasteiger partial charge in [0.05, 0.1) is 5.69 Å². The van der Waals surface area contributed by atoms with E-state index in [1.54, 1.807) is 0 Å². The molecule has 6 heteroatoms. The molecule has 0 atom stereocenters. The molecule has 0 bridgehead atoms. The number of nitrogens with one attached hydrogen (secondary N) is 2. The summed E-state index contributed by atoms with van der Waals surface area (Å²) in [6.45, 7) is 5.44. The quantitative estimate of drug-likeness (QED) is 0.722. The number of nitrogens with zero attached hydrogens (tertiary/aromatic N) is 1. The Morgan fingerprint density at radius 3 is 2.71 bits per heavy atom. The number of anilines is 2. The van der Waals surface area contributed by atoms with Crippen molar-refractivity contribution in [1.29, 1.82) is 5.26 Å². The highest BCUT2D eigenvalue weighted by atomic mass is 32.1. The molecule has 21 heavy (non-hydrogen) atoms. The van der Waals surface area contributed by atoms with E-state index in [1.807, 2.05) is 6.92 Å². The van der Waals surface area contributed by atoms with Gasteiger partial charge in [-0.25, -0.2) is 0 Å². The number of rotatable bonds is 7. The summed E-state index contributed by atoms with van der Waals surface area (Å²) in [6, 6.07) is 2.11. The molecule has 5 nitrogen and oxygen atoms in total. The monoisotopic (exact) mass is 306 g/mol. The van der Waals surface area contributed by atoms with Crippen LogP contribution in [0.4, 0.5) is 10.7 Å². The highest BCUT2D eigenvalue weighted by molar-refractivity contribution is 7.18. The second-order valence-corrected chi connectivity index (χ2v) is 6.64. The lowest BCUT2D eigenvalue weighted by molar-refractivity contribution is 0.0960. The van der Waals surface area contributed by atoms with Gasteiger partial charge in [0.2, 0.25) is 0 Å². The van der Waals surface area contributed by atoms with Crippen LogP contribution in [-0.2, 0) is 0 Å². The van der Waals surface area contributed by atoms with Gasteiger partial charge in [0, 0.05) is 13.1 Å². The third kappa shape index (κ3) is 3.30. The van der Waals surface area contributed by atoms with Gasteiger partial charge in [-0.15, -0.1) is 11.3 Å². The number of nitrogen functional groups attached to an aromatic ring is 1. The molecule has 1 fully saturated rings. The van der Waals surface area contributed by atoms with Crippen molar-refractivity contribution in [2.24, 2.45) is 5.41 Å². The highest BCUT2D eigenvalue weighted by Crippen LogP contribution is 2.50. The fourth-order valence-electron chi connectivity index (χ4n) is 2.58. The van der Waals surface area contributed by atoms with Crippen molar-refractivity contribution in [2.75, 3.05) is 24.1 Å². The lowest BCUT2D eigenvalue weighted by Gasteiger charge is -2.14. The lowest BCUT2D eigenvalue weighted by atomic mass is 10.0. The van der Waals surface area contributed by atoms with E-state index in [-0.39, 0.29) is 11.6 Å². The molecule has 0 radical (unpaired) electrons. The minimum Gasteiger partial charge on any atom is -0.396 e. The number of carbonyl (C=O) groups excluding carboxylic acids is 1. The molecule has 0 unspecified atom stereocenters. The Kier molecular flexibility index (Phi) is 4.73. The third-order valence-corrected chi connectivity index (χ3v) is 5.12. The molecule has 4 N–H and O–H groups in total. The fraction of sp³-hybridized carbons (Fsp3) is 0.600. The van der Waals surface area contributed by atoms with E-state index in [2.05, 4.69) is 23.6 Å². The number of amides is 1. The van der Waals surface area contributed by atoms with Gasteiger partial charge in [-0.1, -0.05) is 13.3 Å². The first kappa shape index (κ1) is 15.6. The summed E-state index contributed by atoms with van der Waals surface area (Å²) >= 11 is 1.27. The second kappa shape index (κ2) is 6.35. The highest BCUT2D eigenvalue weighted by Gasteiger charge is 2.41. The van der Waals surface area contributed by atoms with Gasteiger partial charge >= 0.3 is 0 Å². The van der Waals surface area contributed by atoms with Crippen molar-refractivity contribution < 1.29 is 4.79 Å². The maximum absolute atomic E-state index is 11.9. The number of hydrogen-bond donors (Lipinski definition) is 3. The van der Waals surface area contributed by atoms with Crippen LogP contribution < -0.4 is 16.4 Å². The normalized spacial score (nSPS) is 15.3. The van der Waals surface area contributed by atoms with Gasteiger partial charge in [0.1, 0.15) is 21.5 Å². The molecule has 1 aromatic heterocycles. The first-order chi connectivity index (χ1) is 10.1. The average molecular weight is 306 g/mol. The first-order valence-corrected chi connectivity index (χ1v) is 8.23. The van der Waals surface area contributed by atoms with Gasteiger partial charge in [0.15, 0.2) is 0 Å². The standard InChI is InChI=1S/C15H22N4OS/c1-3-5-15(6-7-15)9-19-14-10(8-16)11(17)12(21-14)13(20)18-4-2/h19H,3-7,9,17H2,1-2H3,(H,18,20). The Hall–Kier alpha value is -1.74. The zero-order valence-corrected chi connectivity index (χ0v) is 13.4. The Morgan fingerprint density at radius 2 is 2.19 bits per heavy atom. The van der Waals surface area contributed by atoms with E-state index in [9.17, 15) is 10.1 Å². The van der Waals surface area contributed by atoms with Gasteiger partial charge in [-0.3, -0.25) is 4.79 Å². The van der Waals surface area contributed by atoms with E-state index in [0.29, 0.717) is 22.4 Å². The molecule has 1 heterocycles. The van der Waals surface area contributed by atoms with E-state index in [0.717, 1.165) is 11.5 Å². The Labute approximate surface area is 129 Å². The zero-order chi connectivity index (χ0) is 15.5. The van der Waals surface area contributed by atoms with Crippen LogP contribution in [0.5, 0.6) is 0 Å². The predicted octanol–water partition coefficient (Wildman–Crippen LogP) is 2.94. The van der Waals surface area contributed by atoms with Crippen LogP contribution in [0.3, 0.4) is 0 Å². The first-order valence-electron chi connectivity index (χ1n) is 7.41. The van der Waals surface area contributed by atoms with Crippen LogP contribution >= 0.6 is 11.3 Å². The third-order valence-electron chi connectivity index (χ3n) is 3.96. The molecule has 1 amide bonds. The van der Waals surface area contributed by atoms with Crippen LogP contribution in [0.25, 0.3) is 0 Å². The zero-order valence-electron chi connectivity index (χ0n) is 12.6. The van der Waals surface area contributed by atoms with Crippen LogP contribution in [0.15, 0.2) is 0 Å². The molecular formula is C15H22N4OS. The number of nitriles is 1. The van der Waals surface area contributed by atoms with Gasteiger partial charge in [-0.2, -0.15) is 5.26 Å². The van der Waals surface area contributed by atoms with Crippen molar-refractivity contribution in [3.05, 3.63) is 10.4 Å².